The van der Waals surface area contributed by atoms with Gasteiger partial charge in [0.2, 0.25) is 0 Å². The standard InChI is InChI=1S/C31H29Br2IN4O7/c1-4-43-30(40)27-17(2)36-31(41)37-28(27)19-7-10-24(25(12-19)42-3)44-16-26(39)38-35-14-20-11-22(33)13-23(34)29(20)45-15-18-5-8-21(32)9-6-18/h5-14,28H,4,15-16H2,1-3H3,(H,38,39)(H2,36,37,41)/b35-14+/t28-/m1/s1. The second-order valence-corrected chi connectivity index (χ2v) is 12.5. The number of nitrogens with zero attached hydrogens (tertiary/aromatic N) is 1. The highest BCUT2D eigenvalue weighted by atomic mass is 127. The number of urea groups is 1. The van der Waals surface area contributed by atoms with Crippen molar-refractivity contribution in [2.75, 3.05) is 20.3 Å². The smallest absolute Gasteiger partial charge is 0.338 e. The normalized spacial score (nSPS) is 14.4. The van der Waals surface area contributed by atoms with Gasteiger partial charge in [-0.1, -0.05) is 50.1 Å². The summed E-state index contributed by atoms with van der Waals surface area (Å²) in [6.45, 7) is 3.52. The Kier molecular flexibility index (Phi) is 12.2. The molecule has 1 heterocycles. The summed E-state index contributed by atoms with van der Waals surface area (Å²) in [7, 11) is 1.44. The molecule has 14 heteroatoms. The number of carbonyl (C=O) groups excluding carboxylic acids is 3. The third-order valence-corrected chi connectivity index (χ3v) is 8.16. The molecule has 0 radical (unpaired) electrons. The first kappa shape index (κ1) is 34.2. The van der Waals surface area contributed by atoms with Crippen LogP contribution in [-0.4, -0.2) is 44.4 Å². The minimum absolute atomic E-state index is 0.183. The van der Waals surface area contributed by atoms with Crippen LogP contribution in [-0.2, 0) is 20.9 Å². The summed E-state index contributed by atoms with van der Waals surface area (Å²) in [4.78, 5) is 37.4. The van der Waals surface area contributed by atoms with E-state index in [0.29, 0.717) is 34.9 Å². The molecule has 0 aliphatic carbocycles. The van der Waals surface area contributed by atoms with E-state index in [1.807, 2.05) is 36.4 Å². The molecule has 3 amide bonds. The van der Waals surface area contributed by atoms with Crippen LogP contribution in [0.15, 0.2) is 79.9 Å². The van der Waals surface area contributed by atoms with Crippen LogP contribution < -0.4 is 30.3 Å². The molecule has 0 saturated carbocycles. The van der Waals surface area contributed by atoms with Gasteiger partial charge >= 0.3 is 12.0 Å². The summed E-state index contributed by atoms with van der Waals surface area (Å²) < 4.78 is 25.1. The van der Waals surface area contributed by atoms with Gasteiger partial charge in [0.15, 0.2) is 18.1 Å². The van der Waals surface area contributed by atoms with Crippen molar-refractivity contribution in [2.45, 2.75) is 26.5 Å². The molecular formula is C31H29Br2IN4O7. The Labute approximate surface area is 290 Å². The van der Waals surface area contributed by atoms with Gasteiger partial charge in [-0.05, 0) is 84.0 Å². The number of allylic oxidation sites excluding steroid dienone is 1. The second kappa shape index (κ2) is 16.1. The third kappa shape index (κ3) is 9.20. The topological polar surface area (TPSA) is 137 Å². The highest BCUT2D eigenvalue weighted by Crippen LogP contribution is 2.35. The lowest BCUT2D eigenvalue weighted by Gasteiger charge is -2.28. The summed E-state index contributed by atoms with van der Waals surface area (Å²) in [5, 5.41) is 9.43. The number of halogens is 3. The van der Waals surface area contributed by atoms with Gasteiger partial charge in [-0.15, -0.1) is 0 Å². The molecule has 1 aliphatic heterocycles. The maximum Gasteiger partial charge on any atom is 0.338 e. The van der Waals surface area contributed by atoms with Crippen molar-refractivity contribution in [2.24, 2.45) is 5.10 Å². The van der Waals surface area contributed by atoms with Crippen LogP contribution in [0.4, 0.5) is 4.79 Å². The predicted molar refractivity (Wildman–Crippen MR) is 183 cm³/mol. The quantitative estimate of drug-likeness (QED) is 0.0865. The largest absolute Gasteiger partial charge is 0.493 e. The van der Waals surface area contributed by atoms with Gasteiger partial charge in [-0.2, -0.15) is 5.10 Å². The Morgan fingerprint density at radius 3 is 2.51 bits per heavy atom. The van der Waals surface area contributed by atoms with Crippen LogP contribution in [0.3, 0.4) is 0 Å². The first-order valence-corrected chi connectivity index (χ1v) is 16.2. The van der Waals surface area contributed by atoms with Gasteiger partial charge in [0.1, 0.15) is 12.4 Å². The molecule has 0 spiro atoms. The Morgan fingerprint density at radius 2 is 1.80 bits per heavy atom. The number of nitrogens with one attached hydrogen (secondary N) is 3. The molecule has 3 N–H and O–H groups in total. The fourth-order valence-electron chi connectivity index (χ4n) is 4.32. The molecule has 45 heavy (non-hydrogen) atoms. The SMILES string of the molecule is CCOC(=O)C1=C(C)NC(=O)N[C@@H]1c1ccc(OCC(=O)N/N=C/c2cc(Br)cc(I)c2OCc2ccc(Br)cc2)c(OC)c1. The highest BCUT2D eigenvalue weighted by molar-refractivity contribution is 14.1. The van der Waals surface area contributed by atoms with Crippen LogP contribution in [0.5, 0.6) is 17.2 Å². The fourth-order valence-corrected chi connectivity index (χ4v) is 6.29. The van der Waals surface area contributed by atoms with E-state index in [1.54, 1.807) is 32.0 Å². The number of hydrazone groups is 1. The minimum atomic E-state index is -0.775. The zero-order chi connectivity index (χ0) is 32.5. The second-order valence-electron chi connectivity index (χ2n) is 9.50. The number of carbonyl (C=O) groups is 3. The van der Waals surface area contributed by atoms with Gasteiger partial charge in [0.25, 0.3) is 5.91 Å². The Balaban J connectivity index is 1.41. The van der Waals surface area contributed by atoms with Crippen molar-refractivity contribution in [1.82, 2.24) is 16.1 Å². The lowest BCUT2D eigenvalue weighted by Crippen LogP contribution is -2.45. The van der Waals surface area contributed by atoms with Gasteiger partial charge < -0.3 is 29.6 Å². The number of hydrogen-bond acceptors (Lipinski definition) is 8. The summed E-state index contributed by atoms with van der Waals surface area (Å²) in [6, 6.07) is 15.3. The molecule has 1 aliphatic rings. The highest BCUT2D eigenvalue weighted by Gasteiger charge is 2.32. The van der Waals surface area contributed by atoms with Crippen molar-refractivity contribution < 1.29 is 33.3 Å². The van der Waals surface area contributed by atoms with E-state index >= 15 is 0 Å². The Hall–Kier alpha value is -3.63. The number of benzene rings is 3. The summed E-state index contributed by atoms with van der Waals surface area (Å²) in [6.07, 6.45) is 1.50. The van der Waals surface area contributed by atoms with Crippen molar-refractivity contribution in [1.29, 1.82) is 0 Å². The number of ether oxygens (including phenoxy) is 4. The van der Waals surface area contributed by atoms with Crippen molar-refractivity contribution in [3.63, 3.8) is 0 Å². The van der Waals surface area contributed by atoms with E-state index in [9.17, 15) is 14.4 Å². The average molecular weight is 856 g/mol. The zero-order valence-corrected chi connectivity index (χ0v) is 29.7. The molecule has 3 aromatic carbocycles. The van der Waals surface area contributed by atoms with Gasteiger partial charge in [0, 0.05) is 20.2 Å². The van der Waals surface area contributed by atoms with Gasteiger partial charge in [-0.3, -0.25) is 4.79 Å². The van der Waals surface area contributed by atoms with Crippen LogP contribution in [0.1, 0.15) is 36.6 Å². The lowest BCUT2D eigenvalue weighted by atomic mass is 9.95. The number of esters is 1. The van der Waals surface area contributed by atoms with E-state index in [-0.39, 0.29) is 24.5 Å². The first-order chi connectivity index (χ1) is 21.6. The molecule has 4 rings (SSSR count). The van der Waals surface area contributed by atoms with Gasteiger partial charge in [0.05, 0.1) is 35.1 Å². The number of methoxy groups -OCH3 is 1. The minimum Gasteiger partial charge on any atom is -0.493 e. The van der Waals surface area contributed by atoms with E-state index in [0.717, 1.165) is 18.1 Å². The van der Waals surface area contributed by atoms with E-state index in [2.05, 4.69) is 75.6 Å². The number of amides is 3. The number of rotatable bonds is 12. The van der Waals surface area contributed by atoms with E-state index < -0.39 is 23.9 Å². The van der Waals surface area contributed by atoms with Crippen molar-refractivity contribution in [3.8, 4) is 17.2 Å². The lowest BCUT2D eigenvalue weighted by molar-refractivity contribution is -0.139. The Bertz CT molecular complexity index is 1650. The molecule has 0 fully saturated rings. The molecule has 11 nitrogen and oxygen atoms in total. The van der Waals surface area contributed by atoms with Crippen LogP contribution >= 0.6 is 54.5 Å². The molecule has 0 aromatic heterocycles. The van der Waals surface area contributed by atoms with E-state index in [4.69, 9.17) is 18.9 Å². The zero-order valence-electron chi connectivity index (χ0n) is 24.4. The van der Waals surface area contributed by atoms with Crippen molar-refractivity contribution >= 4 is 78.6 Å². The summed E-state index contributed by atoms with van der Waals surface area (Å²) in [5.41, 5.74) is 5.35. The summed E-state index contributed by atoms with van der Waals surface area (Å²) in [5.74, 6) is 0.151. The summed E-state index contributed by atoms with van der Waals surface area (Å²) >= 11 is 9.11. The van der Waals surface area contributed by atoms with Crippen LogP contribution in [0, 0.1) is 3.57 Å². The third-order valence-electron chi connectivity index (χ3n) is 6.37. The molecule has 3 aromatic rings. The maximum absolute atomic E-state index is 12.6. The average Bonchev–Trinajstić information content (AvgIpc) is 3.00. The van der Waals surface area contributed by atoms with Gasteiger partial charge in [-0.25, -0.2) is 15.0 Å². The molecule has 0 bridgehead atoms. The first-order valence-electron chi connectivity index (χ1n) is 13.5. The van der Waals surface area contributed by atoms with Crippen LogP contribution in [0.25, 0.3) is 0 Å². The predicted octanol–water partition coefficient (Wildman–Crippen LogP) is 6.12. The monoisotopic (exact) mass is 854 g/mol. The molecule has 1 atom stereocenters. The molecule has 0 unspecified atom stereocenters. The van der Waals surface area contributed by atoms with Crippen molar-refractivity contribution in [3.05, 3.63) is 95.1 Å². The maximum atomic E-state index is 12.6. The molecule has 236 valence electrons. The van der Waals surface area contributed by atoms with E-state index in [1.165, 1.54) is 13.3 Å². The molecule has 0 saturated heterocycles. The Morgan fingerprint density at radius 1 is 1.04 bits per heavy atom. The van der Waals surface area contributed by atoms with Crippen LogP contribution in [0.2, 0.25) is 0 Å². The molecular weight excluding hydrogens is 827 g/mol. The number of hydrogen-bond donors (Lipinski definition) is 3. The fraction of sp³-hybridized carbons (Fsp3) is 0.226.